The lowest BCUT2D eigenvalue weighted by molar-refractivity contribution is -0.128. The van der Waals surface area contributed by atoms with Crippen molar-refractivity contribution in [3.63, 3.8) is 0 Å². The van der Waals surface area contributed by atoms with E-state index in [1.54, 1.807) is 0 Å². The van der Waals surface area contributed by atoms with Crippen LogP contribution in [-0.4, -0.2) is 52.8 Å². The lowest BCUT2D eigenvalue weighted by Crippen LogP contribution is -2.42. The summed E-state index contributed by atoms with van der Waals surface area (Å²) < 4.78 is 0. The number of nitrogens with zero attached hydrogens (tertiary/aromatic N) is 3. The third-order valence-corrected chi connectivity index (χ3v) is 5.27. The molecule has 0 saturated carbocycles. The summed E-state index contributed by atoms with van der Waals surface area (Å²) in [4.78, 5) is 20.3. The fourth-order valence-electron chi connectivity index (χ4n) is 2.91. The van der Waals surface area contributed by atoms with Crippen LogP contribution in [0.1, 0.15) is 24.0 Å². The van der Waals surface area contributed by atoms with E-state index in [4.69, 9.17) is 5.73 Å². The van der Waals surface area contributed by atoms with Gasteiger partial charge in [-0.15, -0.1) is 0 Å². The minimum atomic E-state index is 0.270. The first-order valence-electron chi connectivity index (χ1n) is 8.20. The lowest BCUT2D eigenvalue weighted by atomic mass is 10.1. The van der Waals surface area contributed by atoms with Gasteiger partial charge in [0.15, 0.2) is 5.96 Å². The number of amides is 1. The number of aliphatic imine (C=N–C) groups is 1. The van der Waals surface area contributed by atoms with Crippen LogP contribution in [0, 0.1) is 0 Å². The van der Waals surface area contributed by atoms with E-state index in [9.17, 15) is 4.79 Å². The Bertz CT molecular complexity index is 566. The molecule has 0 spiro atoms. The summed E-state index contributed by atoms with van der Waals surface area (Å²) in [6, 6.07) is 8.34. The van der Waals surface area contributed by atoms with Gasteiger partial charge in [0.25, 0.3) is 0 Å². The fourth-order valence-corrected chi connectivity index (χ4v) is 3.81. The van der Waals surface area contributed by atoms with E-state index in [-0.39, 0.29) is 5.91 Å². The molecule has 23 heavy (non-hydrogen) atoms. The molecule has 0 aromatic heterocycles. The summed E-state index contributed by atoms with van der Waals surface area (Å²) in [6.45, 7) is 4.19. The van der Waals surface area contributed by atoms with Crippen LogP contribution in [0.4, 0.5) is 0 Å². The third kappa shape index (κ3) is 4.41. The van der Waals surface area contributed by atoms with Gasteiger partial charge in [-0.1, -0.05) is 24.3 Å². The molecule has 2 N–H and O–H groups in total. The number of guanidine groups is 1. The molecule has 124 valence electrons. The molecule has 2 aliphatic rings. The number of rotatable bonds is 4. The third-order valence-electron chi connectivity index (χ3n) is 4.33. The van der Waals surface area contributed by atoms with E-state index in [1.165, 1.54) is 5.56 Å². The van der Waals surface area contributed by atoms with Gasteiger partial charge in [-0.05, 0) is 17.5 Å². The Morgan fingerprint density at radius 3 is 2.48 bits per heavy atom. The molecule has 5 nitrogen and oxygen atoms in total. The monoisotopic (exact) mass is 332 g/mol. The van der Waals surface area contributed by atoms with Gasteiger partial charge in [0.2, 0.25) is 5.91 Å². The molecule has 2 aliphatic heterocycles. The minimum absolute atomic E-state index is 0.270. The summed E-state index contributed by atoms with van der Waals surface area (Å²) in [7, 11) is 0. The van der Waals surface area contributed by atoms with E-state index < -0.39 is 0 Å². The van der Waals surface area contributed by atoms with Gasteiger partial charge in [0, 0.05) is 44.1 Å². The van der Waals surface area contributed by atoms with Gasteiger partial charge in [-0.3, -0.25) is 4.79 Å². The molecule has 3 rings (SSSR count). The summed E-state index contributed by atoms with van der Waals surface area (Å²) in [5.41, 5.74) is 8.40. The summed E-state index contributed by atoms with van der Waals surface area (Å²) in [5.74, 6) is 3.17. The molecule has 1 aromatic rings. The maximum absolute atomic E-state index is 11.7. The maximum atomic E-state index is 11.7. The molecule has 1 aromatic carbocycles. The first-order chi connectivity index (χ1) is 11.2. The van der Waals surface area contributed by atoms with Gasteiger partial charge < -0.3 is 15.5 Å². The Morgan fingerprint density at radius 2 is 1.83 bits per heavy atom. The average molecular weight is 332 g/mol. The summed E-state index contributed by atoms with van der Waals surface area (Å²) >= 11 is 1.96. The van der Waals surface area contributed by atoms with Crippen LogP contribution in [0.5, 0.6) is 0 Å². The molecule has 0 atom stereocenters. The number of benzene rings is 1. The molecular formula is C17H24N4OS. The molecule has 2 fully saturated rings. The molecule has 1 amide bonds. The van der Waals surface area contributed by atoms with Crippen molar-refractivity contribution >= 4 is 23.6 Å². The van der Waals surface area contributed by atoms with Crippen LogP contribution >= 0.6 is 11.8 Å². The van der Waals surface area contributed by atoms with Crippen molar-refractivity contribution in [3.8, 4) is 0 Å². The van der Waals surface area contributed by atoms with Crippen LogP contribution in [0.3, 0.4) is 0 Å². The summed E-state index contributed by atoms with van der Waals surface area (Å²) in [5, 5.41) is 0. The van der Waals surface area contributed by atoms with Crippen LogP contribution in [0.15, 0.2) is 29.3 Å². The summed E-state index contributed by atoms with van der Waals surface area (Å²) in [6.07, 6.45) is 1.68. The van der Waals surface area contributed by atoms with Crippen molar-refractivity contribution in [2.45, 2.75) is 25.9 Å². The van der Waals surface area contributed by atoms with Crippen molar-refractivity contribution in [2.24, 2.45) is 10.7 Å². The topological polar surface area (TPSA) is 61.9 Å². The SMILES string of the molecule is NC(=NCc1ccc(CN2CCCC2=O)cc1)N1CCSCC1. The highest BCUT2D eigenvalue weighted by atomic mass is 32.2. The second-order valence-corrected chi connectivity index (χ2v) is 7.23. The number of hydrogen-bond acceptors (Lipinski definition) is 3. The fraction of sp³-hybridized carbons (Fsp3) is 0.529. The van der Waals surface area contributed by atoms with Gasteiger partial charge >= 0.3 is 0 Å². The van der Waals surface area contributed by atoms with Crippen molar-refractivity contribution in [1.29, 1.82) is 0 Å². The van der Waals surface area contributed by atoms with E-state index in [0.717, 1.165) is 49.7 Å². The Labute approximate surface area is 141 Å². The maximum Gasteiger partial charge on any atom is 0.222 e. The normalized spacial score (nSPS) is 19.5. The zero-order valence-corrected chi connectivity index (χ0v) is 14.2. The smallest absolute Gasteiger partial charge is 0.222 e. The molecule has 0 unspecified atom stereocenters. The Hall–Kier alpha value is -1.69. The molecule has 0 aliphatic carbocycles. The number of likely N-dealkylation sites (tertiary alicyclic amines) is 1. The number of hydrogen-bond donors (Lipinski definition) is 1. The predicted octanol–water partition coefficient (Wildman–Crippen LogP) is 1.67. The zero-order valence-electron chi connectivity index (χ0n) is 13.4. The van der Waals surface area contributed by atoms with Crippen LogP contribution < -0.4 is 5.73 Å². The first kappa shape index (κ1) is 16.2. The number of nitrogens with two attached hydrogens (primary N) is 1. The highest BCUT2D eigenvalue weighted by Crippen LogP contribution is 2.15. The van der Waals surface area contributed by atoms with Gasteiger partial charge in [-0.2, -0.15) is 11.8 Å². The Balaban J connectivity index is 1.53. The standard InChI is InChI=1S/C17H24N4OS/c18-17(20-8-10-23-11-9-20)19-12-14-3-5-15(6-4-14)13-21-7-1-2-16(21)22/h3-6H,1-2,7-13H2,(H2,18,19). The lowest BCUT2D eigenvalue weighted by Gasteiger charge is -2.27. The van der Waals surface area contributed by atoms with Crippen molar-refractivity contribution in [2.75, 3.05) is 31.1 Å². The van der Waals surface area contributed by atoms with Crippen molar-refractivity contribution in [3.05, 3.63) is 35.4 Å². The Kier molecular flexibility index (Phi) is 5.43. The van der Waals surface area contributed by atoms with Gasteiger partial charge in [0.1, 0.15) is 0 Å². The van der Waals surface area contributed by atoms with Gasteiger partial charge in [0.05, 0.1) is 6.54 Å². The average Bonchev–Trinajstić information content (AvgIpc) is 2.99. The molecular weight excluding hydrogens is 308 g/mol. The zero-order chi connectivity index (χ0) is 16.1. The molecule has 0 bridgehead atoms. The van der Waals surface area contributed by atoms with E-state index in [1.807, 2.05) is 16.7 Å². The highest BCUT2D eigenvalue weighted by molar-refractivity contribution is 7.99. The van der Waals surface area contributed by atoms with Crippen molar-refractivity contribution in [1.82, 2.24) is 9.80 Å². The van der Waals surface area contributed by atoms with E-state index >= 15 is 0 Å². The van der Waals surface area contributed by atoms with Crippen molar-refractivity contribution < 1.29 is 4.79 Å². The largest absolute Gasteiger partial charge is 0.370 e. The minimum Gasteiger partial charge on any atom is -0.370 e. The predicted molar refractivity (Wildman–Crippen MR) is 95.3 cm³/mol. The number of carbonyl (C=O) groups excluding carboxylic acids is 1. The van der Waals surface area contributed by atoms with E-state index in [0.29, 0.717) is 18.9 Å². The second kappa shape index (κ2) is 7.73. The molecule has 6 heteroatoms. The number of thioether (sulfide) groups is 1. The van der Waals surface area contributed by atoms with Crippen LogP contribution in [0.25, 0.3) is 0 Å². The number of carbonyl (C=O) groups is 1. The van der Waals surface area contributed by atoms with E-state index in [2.05, 4.69) is 34.2 Å². The second-order valence-electron chi connectivity index (χ2n) is 6.01. The molecule has 0 radical (unpaired) electrons. The highest BCUT2D eigenvalue weighted by Gasteiger charge is 2.19. The quantitative estimate of drug-likeness (QED) is 0.673. The molecule has 2 saturated heterocycles. The van der Waals surface area contributed by atoms with Crippen LogP contribution in [-0.2, 0) is 17.9 Å². The molecule has 2 heterocycles. The van der Waals surface area contributed by atoms with Crippen LogP contribution in [0.2, 0.25) is 0 Å². The first-order valence-corrected chi connectivity index (χ1v) is 9.36. The van der Waals surface area contributed by atoms with Gasteiger partial charge in [-0.25, -0.2) is 4.99 Å². The Morgan fingerprint density at radius 1 is 1.13 bits per heavy atom.